The lowest BCUT2D eigenvalue weighted by Crippen LogP contribution is -2.55. The van der Waals surface area contributed by atoms with E-state index in [9.17, 15) is 4.79 Å². The fourth-order valence-corrected chi connectivity index (χ4v) is 4.47. The maximum Gasteiger partial charge on any atom is 0.251 e. The molecule has 0 bridgehead atoms. The quantitative estimate of drug-likeness (QED) is 0.898. The van der Waals surface area contributed by atoms with Gasteiger partial charge in [0.05, 0.1) is 0 Å². The lowest BCUT2D eigenvalue weighted by atomic mass is 9.92. The van der Waals surface area contributed by atoms with E-state index in [2.05, 4.69) is 20.4 Å². The van der Waals surface area contributed by atoms with E-state index in [4.69, 9.17) is 0 Å². The van der Waals surface area contributed by atoms with Gasteiger partial charge in [-0.25, -0.2) is 0 Å². The summed E-state index contributed by atoms with van der Waals surface area (Å²) in [5.74, 6) is 0.0172. The Kier molecular flexibility index (Phi) is 5.02. The highest BCUT2D eigenvalue weighted by molar-refractivity contribution is 5.94. The number of likely N-dealkylation sites (tertiary alicyclic amines) is 1. The van der Waals surface area contributed by atoms with E-state index in [0.717, 1.165) is 12.2 Å². The van der Waals surface area contributed by atoms with Gasteiger partial charge in [0, 0.05) is 23.3 Å². The van der Waals surface area contributed by atoms with Gasteiger partial charge < -0.3 is 5.32 Å². The summed E-state index contributed by atoms with van der Waals surface area (Å²) in [5, 5.41) is 10.8. The van der Waals surface area contributed by atoms with Gasteiger partial charge in [0.15, 0.2) is 0 Å². The number of hydrogen-bond acceptors (Lipinski definition) is 4. The first-order chi connectivity index (χ1) is 12.8. The van der Waals surface area contributed by atoms with E-state index in [1.807, 2.05) is 28.8 Å². The Labute approximate surface area is 154 Å². The highest BCUT2D eigenvalue weighted by Gasteiger charge is 2.40. The molecule has 1 aliphatic carbocycles. The molecule has 0 spiro atoms. The normalized spacial score (nSPS) is 20.2. The molecule has 1 N–H and O–H groups in total. The van der Waals surface area contributed by atoms with Gasteiger partial charge in [0.2, 0.25) is 0 Å². The molecule has 0 atom stereocenters. The number of benzene rings is 1. The number of carbonyl (C=O) groups is 1. The molecule has 1 aliphatic heterocycles. The summed E-state index contributed by atoms with van der Waals surface area (Å²) < 4.78 is 1.82. The number of rotatable bonds is 5. The average Bonchev–Trinajstić information content (AvgIpc) is 3.40. The predicted octanol–water partition coefficient (Wildman–Crippen LogP) is 2.80. The van der Waals surface area contributed by atoms with Crippen LogP contribution in [0.15, 0.2) is 36.9 Å². The van der Waals surface area contributed by atoms with Crippen LogP contribution in [0.2, 0.25) is 0 Å². The summed E-state index contributed by atoms with van der Waals surface area (Å²) in [6, 6.07) is 7.59. The minimum Gasteiger partial charge on any atom is -0.350 e. The van der Waals surface area contributed by atoms with Crippen LogP contribution in [-0.4, -0.2) is 50.7 Å². The second-order valence-electron chi connectivity index (χ2n) is 7.58. The smallest absolute Gasteiger partial charge is 0.251 e. The fraction of sp³-hybridized carbons (Fsp3) is 0.550. The molecule has 26 heavy (non-hydrogen) atoms. The van der Waals surface area contributed by atoms with Crippen LogP contribution in [0.5, 0.6) is 0 Å². The number of nitrogens with zero attached hydrogens (tertiary/aromatic N) is 4. The van der Waals surface area contributed by atoms with Crippen LogP contribution >= 0.6 is 0 Å². The number of nitrogens with one attached hydrogen (secondary N) is 1. The van der Waals surface area contributed by atoms with Gasteiger partial charge in [-0.15, -0.1) is 10.2 Å². The number of aromatic nitrogens is 3. The zero-order chi connectivity index (χ0) is 17.8. The SMILES string of the molecule is O=C(NCC1(N2CCCCC2)CCCC1)c1ccc(-n2cnnc2)cc1. The van der Waals surface area contributed by atoms with Crippen LogP contribution < -0.4 is 5.32 Å². The van der Waals surface area contributed by atoms with Gasteiger partial charge in [-0.05, 0) is 63.0 Å². The van der Waals surface area contributed by atoms with Gasteiger partial charge in [0.1, 0.15) is 12.7 Å². The number of piperidine rings is 1. The van der Waals surface area contributed by atoms with E-state index >= 15 is 0 Å². The third-order valence-electron chi connectivity index (χ3n) is 5.99. The summed E-state index contributed by atoms with van der Waals surface area (Å²) in [5.41, 5.74) is 1.83. The van der Waals surface area contributed by atoms with Gasteiger partial charge in [-0.2, -0.15) is 0 Å². The summed E-state index contributed by atoms with van der Waals surface area (Å²) >= 11 is 0. The molecule has 2 heterocycles. The highest BCUT2D eigenvalue weighted by atomic mass is 16.1. The largest absolute Gasteiger partial charge is 0.350 e. The monoisotopic (exact) mass is 353 g/mol. The van der Waals surface area contributed by atoms with E-state index in [0.29, 0.717) is 5.56 Å². The summed E-state index contributed by atoms with van der Waals surface area (Å²) in [6.45, 7) is 3.13. The Bertz CT molecular complexity index is 713. The summed E-state index contributed by atoms with van der Waals surface area (Å²) in [4.78, 5) is 15.3. The van der Waals surface area contributed by atoms with Crippen molar-refractivity contribution >= 4 is 5.91 Å². The fourth-order valence-electron chi connectivity index (χ4n) is 4.47. The number of amides is 1. The Hall–Kier alpha value is -2.21. The van der Waals surface area contributed by atoms with Crippen LogP contribution in [0.4, 0.5) is 0 Å². The minimum absolute atomic E-state index is 0.0172. The molecule has 0 radical (unpaired) electrons. The Morgan fingerprint density at radius 1 is 0.962 bits per heavy atom. The first-order valence-electron chi connectivity index (χ1n) is 9.75. The van der Waals surface area contributed by atoms with Crippen molar-refractivity contribution in [3.63, 3.8) is 0 Å². The van der Waals surface area contributed by atoms with Crippen LogP contribution in [0.1, 0.15) is 55.3 Å². The van der Waals surface area contributed by atoms with Gasteiger partial charge in [-0.3, -0.25) is 14.3 Å². The Balaban J connectivity index is 1.40. The van der Waals surface area contributed by atoms with E-state index in [-0.39, 0.29) is 11.4 Å². The van der Waals surface area contributed by atoms with Gasteiger partial charge in [-0.1, -0.05) is 19.3 Å². The average molecular weight is 353 g/mol. The molecule has 1 aromatic heterocycles. The van der Waals surface area contributed by atoms with Crippen molar-refractivity contribution in [3.8, 4) is 5.69 Å². The molecular weight excluding hydrogens is 326 g/mol. The highest BCUT2D eigenvalue weighted by Crippen LogP contribution is 2.36. The summed E-state index contributed by atoms with van der Waals surface area (Å²) in [7, 11) is 0. The molecule has 2 aromatic rings. The molecule has 138 valence electrons. The molecule has 2 aliphatic rings. The lowest BCUT2D eigenvalue weighted by Gasteiger charge is -2.43. The Morgan fingerprint density at radius 3 is 2.27 bits per heavy atom. The zero-order valence-corrected chi connectivity index (χ0v) is 15.2. The zero-order valence-electron chi connectivity index (χ0n) is 15.2. The predicted molar refractivity (Wildman–Crippen MR) is 100 cm³/mol. The second kappa shape index (κ2) is 7.58. The van der Waals surface area contributed by atoms with Crippen LogP contribution in [-0.2, 0) is 0 Å². The van der Waals surface area contributed by atoms with E-state index < -0.39 is 0 Å². The molecule has 6 heteroatoms. The Morgan fingerprint density at radius 2 is 1.62 bits per heavy atom. The van der Waals surface area contributed by atoms with Crippen molar-refractivity contribution in [1.29, 1.82) is 0 Å². The van der Waals surface area contributed by atoms with Crippen molar-refractivity contribution in [1.82, 2.24) is 25.0 Å². The standard InChI is InChI=1S/C20H27N5O/c26-19(17-6-8-18(9-7-17)24-15-22-23-16-24)21-14-20(10-2-3-11-20)25-12-4-1-5-13-25/h6-9,15-16H,1-5,10-14H2,(H,21,26). The second-order valence-corrected chi connectivity index (χ2v) is 7.58. The van der Waals surface area contributed by atoms with E-state index in [1.54, 1.807) is 12.7 Å². The van der Waals surface area contributed by atoms with Crippen LogP contribution in [0, 0.1) is 0 Å². The van der Waals surface area contributed by atoms with Crippen molar-refractivity contribution in [2.75, 3.05) is 19.6 Å². The van der Waals surface area contributed by atoms with Crippen molar-refractivity contribution in [2.45, 2.75) is 50.5 Å². The molecule has 0 unspecified atom stereocenters. The number of carbonyl (C=O) groups excluding carboxylic acids is 1. The maximum absolute atomic E-state index is 12.7. The van der Waals surface area contributed by atoms with Gasteiger partial charge >= 0.3 is 0 Å². The molecule has 4 rings (SSSR count). The van der Waals surface area contributed by atoms with E-state index in [1.165, 1.54) is 58.0 Å². The number of hydrogen-bond donors (Lipinski definition) is 1. The van der Waals surface area contributed by atoms with Crippen molar-refractivity contribution < 1.29 is 4.79 Å². The van der Waals surface area contributed by atoms with Crippen LogP contribution in [0.3, 0.4) is 0 Å². The first-order valence-corrected chi connectivity index (χ1v) is 9.75. The maximum atomic E-state index is 12.7. The molecule has 1 aromatic carbocycles. The molecule has 1 saturated carbocycles. The minimum atomic E-state index is 0.0172. The molecule has 2 fully saturated rings. The summed E-state index contributed by atoms with van der Waals surface area (Å²) in [6.07, 6.45) is 12.2. The first kappa shape index (κ1) is 17.2. The van der Waals surface area contributed by atoms with Crippen molar-refractivity contribution in [2.24, 2.45) is 0 Å². The topological polar surface area (TPSA) is 63.1 Å². The lowest BCUT2D eigenvalue weighted by molar-refractivity contribution is 0.0642. The molecular formula is C20H27N5O. The third kappa shape index (κ3) is 3.51. The van der Waals surface area contributed by atoms with Crippen molar-refractivity contribution in [3.05, 3.63) is 42.5 Å². The molecule has 6 nitrogen and oxygen atoms in total. The third-order valence-corrected chi connectivity index (χ3v) is 5.99. The molecule has 1 saturated heterocycles. The van der Waals surface area contributed by atoms with Gasteiger partial charge in [0.25, 0.3) is 5.91 Å². The molecule has 1 amide bonds. The van der Waals surface area contributed by atoms with Crippen LogP contribution in [0.25, 0.3) is 5.69 Å².